The number of quaternary nitrogens is 1. The first kappa shape index (κ1) is 44.2. The largest absolute Gasteiger partial charge is 1.00 e. The first-order valence-electron chi connectivity index (χ1n) is 14.7. The molecule has 0 spiro atoms. The number of nitrogens with two attached hydrogens (primary N) is 3. The molecule has 21 heteroatoms. The van der Waals surface area contributed by atoms with Gasteiger partial charge >= 0.3 is 11.8 Å². The van der Waals surface area contributed by atoms with Crippen molar-refractivity contribution in [2.45, 2.75) is 49.3 Å². The lowest BCUT2D eigenvalue weighted by Gasteiger charge is -2.13. The fourth-order valence-electron chi connectivity index (χ4n) is 5.60. The first-order valence-corrected chi connectivity index (χ1v) is 14.7. The number of imidazole rings is 1. The van der Waals surface area contributed by atoms with Crippen LogP contribution in [0, 0.1) is 11.8 Å². The molecule has 6 rings (SSSR count). The fraction of sp³-hybridized carbons (Fsp3) is 0.414. The molecule has 0 aliphatic heterocycles. The maximum Gasteiger partial charge on any atom is 0.359 e. The molecule has 2 aliphatic carbocycles. The number of carbonyl (C=O) groups excluding carboxylic acids is 2. The first-order chi connectivity index (χ1) is 22.4. The van der Waals surface area contributed by atoms with Gasteiger partial charge in [0.25, 0.3) is 11.8 Å². The number of nitrogens with zero attached hydrogens (tertiary/aromatic N) is 5. The Morgan fingerprint density at radius 3 is 1.92 bits per heavy atom. The lowest BCUT2D eigenvalue weighted by Crippen LogP contribution is -3.00. The van der Waals surface area contributed by atoms with E-state index in [2.05, 4.69) is 25.7 Å². The molecule has 4 heterocycles. The zero-order valence-corrected chi connectivity index (χ0v) is 28.7. The highest BCUT2D eigenvalue weighted by atomic mass is 35.5. The van der Waals surface area contributed by atoms with Crippen LogP contribution in [0.1, 0.15) is 39.6 Å². The van der Waals surface area contributed by atoms with E-state index >= 15 is 0 Å². The highest BCUT2D eigenvalue weighted by Gasteiger charge is 2.46. The average Bonchev–Trinajstić information content (AvgIpc) is 3.73. The molecule has 16 N–H and O–H groups in total. The Kier molecular flexibility index (Phi) is 17.3. The Balaban J connectivity index is 0.000000380. The monoisotopic (exact) mass is 762 g/mol. The Hall–Kier alpha value is -3.82. The second-order valence-electron chi connectivity index (χ2n) is 11.4. The number of rotatable bonds is 6. The molecule has 8 unspecified atom stereocenters. The highest BCUT2D eigenvalue weighted by Crippen LogP contribution is 2.31. The predicted octanol–water partition coefficient (Wildman–Crippen LogP) is -14.0. The van der Waals surface area contributed by atoms with Crippen LogP contribution in [0.15, 0.2) is 55.4 Å². The minimum absolute atomic E-state index is 0. The van der Waals surface area contributed by atoms with E-state index < -0.39 is 36.2 Å². The third-order valence-electron chi connectivity index (χ3n) is 8.26. The Bertz CT molecular complexity index is 1710. The molecule has 8 atom stereocenters. The SMILES string of the molecule is NC(=O)c1ccc[n+](-c2nc(N)nc3nc[nH]c23)c1.NC(=O)c1ccc[n+](C2CC(CO)C(O)C2O)c1.[Cl-].[Cl-].[Cl-].[NH3+]C1CC(CO)C(O)C1O. The van der Waals surface area contributed by atoms with Gasteiger partial charge in [0, 0.05) is 48.9 Å². The van der Waals surface area contributed by atoms with E-state index in [1.807, 2.05) is 0 Å². The Morgan fingerprint density at radius 2 is 1.40 bits per heavy atom. The third kappa shape index (κ3) is 10.1. The lowest BCUT2D eigenvalue weighted by molar-refractivity contribution is -0.728. The number of nitrogens with one attached hydrogen (secondary N) is 1. The van der Waals surface area contributed by atoms with Crippen LogP contribution >= 0.6 is 0 Å². The van der Waals surface area contributed by atoms with Crippen molar-refractivity contribution in [1.29, 1.82) is 0 Å². The van der Waals surface area contributed by atoms with Crippen molar-refractivity contribution in [3.8, 4) is 5.82 Å². The average molecular weight is 764 g/mol. The molecule has 4 aromatic rings. The summed E-state index contributed by atoms with van der Waals surface area (Å²) in [5, 5.41) is 55.8. The molecule has 2 amide bonds. The smallest absolute Gasteiger partial charge is 0.359 e. The van der Waals surface area contributed by atoms with Gasteiger partial charge in [-0.15, -0.1) is 0 Å². The second-order valence-corrected chi connectivity index (χ2v) is 11.4. The molecule has 0 bridgehead atoms. The van der Waals surface area contributed by atoms with Crippen molar-refractivity contribution < 1.29 is 92.3 Å². The number of H-pyrrole nitrogens is 1. The molecule has 2 aliphatic rings. The second kappa shape index (κ2) is 19.5. The molecule has 0 saturated heterocycles. The van der Waals surface area contributed by atoms with Crippen LogP contribution in [0.3, 0.4) is 0 Å². The summed E-state index contributed by atoms with van der Waals surface area (Å²) in [6.45, 7) is -0.241. The summed E-state index contributed by atoms with van der Waals surface area (Å²) in [6, 6.07) is 6.06. The molecular weight excluding hydrogens is 723 g/mol. The van der Waals surface area contributed by atoms with Crippen LogP contribution in [0.2, 0.25) is 0 Å². The number of halogens is 3. The number of hydrogen-bond acceptors (Lipinski definition) is 12. The molecule has 276 valence electrons. The highest BCUT2D eigenvalue weighted by molar-refractivity contribution is 5.92. The molecule has 18 nitrogen and oxygen atoms in total. The molecule has 0 aromatic carbocycles. The topological polar surface area (TPSA) is 323 Å². The van der Waals surface area contributed by atoms with E-state index in [0.29, 0.717) is 41.0 Å². The molecule has 2 saturated carbocycles. The number of anilines is 1. The molecule has 50 heavy (non-hydrogen) atoms. The molecular formula is C29H41Cl3N10O8. The quantitative estimate of drug-likeness (QED) is 0.0816. The van der Waals surface area contributed by atoms with E-state index in [1.165, 1.54) is 6.33 Å². The zero-order chi connectivity index (χ0) is 34.4. The molecule has 0 radical (unpaired) electrons. The standard InChI is InChI=1S/C12H16N2O4.C11H9N7O.C6H13NO3.3ClH/c13-12(18)7-2-1-3-14(5-7)9-4-8(6-15)10(16)11(9)17;12-8(19)6-2-1-3-18(4-6)10-7-9(15-5-14-7)16-11(13)17-10;7-4-1-3(2-8)5(9)6(4)10;;;/h1-3,5,8-11,15-17H,4,6H2,(H-,13,18);1-5H,(H4-,12,13,14,15,16,17,19);3-6,8-10H,1-2,7H2;3*1H. The third-order valence-corrected chi connectivity index (χ3v) is 8.26. The number of aliphatic hydroxyl groups is 6. The van der Waals surface area contributed by atoms with Crippen molar-refractivity contribution in [2.75, 3.05) is 18.9 Å². The van der Waals surface area contributed by atoms with E-state index in [9.17, 15) is 24.9 Å². The number of amides is 2. The van der Waals surface area contributed by atoms with Gasteiger partial charge in [-0.05, 0) is 18.2 Å². The summed E-state index contributed by atoms with van der Waals surface area (Å²) in [5.41, 5.74) is 21.5. The van der Waals surface area contributed by atoms with Gasteiger partial charge < -0.3 is 95.8 Å². The minimum atomic E-state index is -0.963. The van der Waals surface area contributed by atoms with Crippen LogP contribution < -0.4 is 69.3 Å². The summed E-state index contributed by atoms with van der Waals surface area (Å²) < 4.78 is 3.29. The number of aliphatic hydroxyl groups excluding tert-OH is 6. The summed E-state index contributed by atoms with van der Waals surface area (Å²) >= 11 is 0. The van der Waals surface area contributed by atoms with E-state index in [0.717, 1.165) is 0 Å². The van der Waals surface area contributed by atoms with Gasteiger partial charge in [-0.1, -0.05) is 0 Å². The van der Waals surface area contributed by atoms with Crippen LogP contribution in [0.25, 0.3) is 17.0 Å². The number of hydrogen-bond donors (Lipinski definition) is 11. The summed E-state index contributed by atoms with van der Waals surface area (Å²) in [4.78, 5) is 37.4. The van der Waals surface area contributed by atoms with Crippen LogP contribution in [0.4, 0.5) is 5.95 Å². The van der Waals surface area contributed by atoms with E-state index in [1.54, 1.807) is 58.2 Å². The number of carbonyl (C=O) groups is 2. The summed E-state index contributed by atoms with van der Waals surface area (Å²) in [6.07, 6.45) is 5.66. The van der Waals surface area contributed by atoms with Gasteiger partial charge in [-0.3, -0.25) is 9.59 Å². The number of aromatic nitrogens is 6. The van der Waals surface area contributed by atoms with Crippen molar-refractivity contribution >= 4 is 28.9 Å². The van der Waals surface area contributed by atoms with Gasteiger partial charge in [-0.25, -0.2) is 9.55 Å². The number of primary amides is 2. The van der Waals surface area contributed by atoms with Crippen LogP contribution in [-0.4, -0.2) is 106 Å². The number of fused-ring (bicyclic) bond motifs is 1. The van der Waals surface area contributed by atoms with Gasteiger partial charge in [0.15, 0.2) is 29.6 Å². The van der Waals surface area contributed by atoms with Crippen LogP contribution in [0.5, 0.6) is 0 Å². The Morgan fingerprint density at radius 1 is 0.840 bits per heavy atom. The lowest BCUT2D eigenvalue weighted by atomic mass is 10.1. The number of nitrogen functional groups attached to an aromatic ring is 1. The summed E-state index contributed by atoms with van der Waals surface area (Å²) in [7, 11) is 0. The molecule has 2 fully saturated rings. The van der Waals surface area contributed by atoms with Crippen molar-refractivity contribution in [1.82, 2.24) is 19.9 Å². The van der Waals surface area contributed by atoms with Gasteiger partial charge in [0.2, 0.25) is 0 Å². The maximum absolute atomic E-state index is 11.2. The Labute approximate surface area is 304 Å². The number of pyridine rings is 2. The minimum Gasteiger partial charge on any atom is -1.00 e. The predicted molar refractivity (Wildman–Crippen MR) is 161 cm³/mol. The maximum atomic E-state index is 11.2. The normalized spacial score (nSPS) is 25.0. The van der Waals surface area contributed by atoms with Gasteiger partial charge in [0.05, 0.1) is 30.3 Å². The van der Waals surface area contributed by atoms with Crippen molar-refractivity contribution in [3.63, 3.8) is 0 Å². The van der Waals surface area contributed by atoms with Crippen LogP contribution in [-0.2, 0) is 0 Å². The van der Waals surface area contributed by atoms with E-state index in [-0.39, 0.29) is 80.3 Å². The van der Waals surface area contributed by atoms with Gasteiger partial charge in [-0.2, -0.15) is 9.55 Å². The number of aromatic amines is 1. The molecule has 4 aromatic heterocycles. The fourth-order valence-corrected chi connectivity index (χ4v) is 5.60. The van der Waals surface area contributed by atoms with Crippen molar-refractivity contribution in [3.05, 3.63) is 66.5 Å². The zero-order valence-electron chi connectivity index (χ0n) is 26.5. The van der Waals surface area contributed by atoms with Crippen molar-refractivity contribution in [2.24, 2.45) is 23.3 Å². The summed E-state index contributed by atoms with van der Waals surface area (Å²) in [5.74, 6) is -0.991. The van der Waals surface area contributed by atoms with Gasteiger partial charge in [0.1, 0.15) is 30.0 Å². The van der Waals surface area contributed by atoms with E-state index in [4.69, 9.17) is 32.5 Å².